The molecule has 1 aliphatic rings. The van der Waals surface area contributed by atoms with E-state index in [0.717, 1.165) is 5.92 Å². The van der Waals surface area contributed by atoms with Crippen LogP contribution >= 0.6 is 27.3 Å². The average Bonchev–Trinajstić information content (AvgIpc) is 2.64. The zero-order chi connectivity index (χ0) is 10.7. The summed E-state index contributed by atoms with van der Waals surface area (Å²) in [5.74, 6) is 0.944. The lowest BCUT2D eigenvalue weighted by Crippen LogP contribution is -2.39. The summed E-state index contributed by atoms with van der Waals surface area (Å²) >= 11 is 5.39. The van der Waals surface area contributed by atoms with Crippen molar-refractivity contribution in [2.45, 2.75) is 38.6 Å². The van der Waals surface area contributed by atoms with Gasteiger partial charge in [-0.05, 0) is 59.8 Å². The zero-order valence-corrected chi connectivity index (χ0v) is 11.5. The van der Waals surface area contributed by atoms with Gasteiger partial charge in [0, 0.05) is 10.9 Å². The van der Waals surface area contributed by atoms with E-state index in [4.69, 9.17) is 0 Å². The van der Waals surface area contributed by atoms with Crippen molar-refractivity contribution in [3.63, 3.8) is 0 Å². The molecule has 1 aliphatic heterocycles. The van der Waals surface area contributed by atoms with Crippen molar-refractivity contribution in [1.82, 2.24) is 5.32 Å². The first-order chi connectivity index (χ1) is 7.28. The van der Waals surface area contributed by atoms with Gasteiger partial charge in [0.05, 0.1) is 3.79 Å². The van der Waals surface area contributed by atoms with Gasteiger partial charge in [0.2, 0.25) is 0 Å². The summed E-state index contributed by atoms with van der Waals surface area (Å²) in [7, 11) is 0. The fraction of sp³-hybridized carbons (Fsp3) is 0.667. The Hall–Kier alpha value is 0.140. The number of nitrogens with one attached hydrogen (secondary N) is 1. The Bertz CT molecular complexity index is 310. The summed E-state index contributed by atoms with van der Waals surface area (Å²) in [5, 5.41) is 3.63. The molecule has 2 rings (SSSR count). The molecule has 2 unspecified atom stereocenters. The summed E-state index contributed by atoms with van der Waals surface area (Å²) in [6.45, 7) is 3.52. The van der Waals surface area contributed by atoms with Crippen molar-refractivity contribution in [2.75, 3.05) is 6.54 Å². The molecule has 0 amide bonds. The van der Waals surface area contributed by atoms with E-state index in [9.17, 15) is 0 Å². The Kier molecular flexibility index (Phi) is 4.23. The zero-order valence-electron chi connectivity index (χ0n) is 9.13. The highest BCUT2D eigenvalue weighted by Gasteiger charge is 2.20. The third kappa shape index (κ3) is 3.30. The maximum absolute atomic E-state index is 3.63. The molecule has 0 saturated carbocycles. The van der Waals surface area contributed by atoms with Crippen LogP contribution in [0.2, 0.25) is 0 Å². The molecule has 15 heavy (non-hydrogen) atoms. The number of hydrogen-bond acceptors (Lipinski definition) is 2. The fourth-order valence-electron chi connectivity index (χ4n) is 2.33. The molecule has 0 aliphatic carbocycles. The minimum atomic E-state index is 0.703. The van der Waals surface area contributed by atoms with Gasteiger partial charge in [-0.25, -0.2) is 0 Å². The summed E-state index contributed by atoms with van der Waals surface area (Å²) in [4.78, 5) is 1.50. The highest BCUT2D eigenvalue weighted by Crippen LogP contribution is 2.26. The lowest BCUT2D eigenvalue weighted by atomic mass is 9.89. The molecule has 0 aromatic carbocycles. The molecule has 0 bridgehead atoms. The molecule has 0 spiro atoms. The molecule has 1 fully saturated rings. The Balaban J connectivity index is 1.88. The number of rotatable bonds is 3. The largest absolute Gasteiger partial charge is 0.314 e. The fourth-order valence-corrected chi connectivity index (χ4v) is 3.89. The first-order valence-corrected chi connectivity index (χ1v) is 7.36. The summed E-state index contributed by atoms with van der Waals surface area (Å²) in [6.07, 6.45) is 5.26. The molecule has 1 aromatic rings. The van der Waals surface area contributed by atoms with E-state index >= 15 is 0 Å². The molecule has 0 radical (unpaired) electrons. The normalized spacial score (nSPS) is 26.8. The van der Waals surface area contributed by atoms with Crippen LogP contribution in [0.3, 0.4) is 0 Å². The molecule has 3 heteroatoms. The van der Waals surface area contributed by atoms with Crippen LogP contribution in [0, 0.1) is 5.92 Å². The van der Waals surface area contributed by atoms with Crippen molar-refractivity contribution in [1.29, 1.82) is 0 Å². The van der Waals surface area contributed by atoms with Crippen LogP contribution in [0.1, 0.15) is 31.1 Å². The SMILES string of the molecule is CCC1CCNC(Cc2ccc(Br)s2)C1. The molecule has 1 nitrogen and oxygen atoms in total. The third-order valence-electron chi connectivity index (χ3n) is 3.26. The number of piperidine rings is 1. The van der Waals surface area contributed by atoms with Gasteiger partial charge in [-0.15, -0.1) is 11.3 Å². The molecule has 1 aromatic heterocycles. The number of hydrogen-bond donors (Lipinski definition) is 1. The molecular formula is C12H18BrNS. The predicted octanol–water partition coefficient (Wildman–Crippen LogP) is 3.83. The van der Waals surface area contributed by atoms with Gasteiger partial charge in [0.15, 0.2) is 0 Å². The summed E-state index contributed by atoms with van der Waals surface area (Å²) in [6, 6.07) is 5.10. The van der Waals surface area contributed by atoms with E-state index in [-0.39, 0.29) is 0 Å². The van der Waals surface area contributed by atoms with E-state index in [1.165, 1.54) is 40.9 Å². The quantitative estimate of drug-likeness (QED) is 0.891. The molecule has 1 saturated heterocycles. The number of halogens is 1. The molecule has 2 heterocycles. The maximum atomic E-state index is 3.63. The molecule has 1 N–H and O–H groups in total. The van der Waals surface area contributed by atoms with E-state index in [2.05, 4.69) is 40.3 Å². The monoisotopic (exact) mass is 287 g/mol. The Morgan fingerprint density at radius 2 is 2.40 bits per heavy atom. The smallest absolute Gasteiger partial charge is 0.0701 e. The second-order valence-electron chi connectivity index (χ2n) is 4.36. The second-order valence-corrected chi connectivity index (χ2v) is 6.91. The van der Waals surface area contributed by atoms with Gasteiger partial charge in [0.25, 0.3) is 0 Å². The maximum Gasteiger partial charge on any atom is 0.0701 e. The van der Waals surface area contributed by atoms with Gasteiger partial charge in [-0.2, -0.15) is 0 Å². The first-order valence-electron chi connectivity index (χ1n) is 5.75. The van der Waals surface area contributed by atoms with Crippen LogP contribution in [0.5, 0.6) is 0 Å². The lowest BCUT2D eigenvalue weighted by Gasteiger charge is -2.29. The van der Waals surface area contributed by atoms with Gasteiger partial charge < -0.3 is 5.32 Å². The summed E-state index contributed by atoms with van der Waals surface area (Å²) < 4.78 is 1.25. The Morgan fingerprint density at radius 1 is 1.53 bits per heavy atom. The Labute approximate surface area is 104 Å². The molecule has 84 valence electrons. The Morgan fingerprint density at radius 3 is 3.07 bits per heavy atom. The van der Waals surface area contributed by atoms with Gasteiger partial charge in [-0.3, -0.25) is 0 Å². The van der Waals surface area contributed by atoms with E-state index in [1.54, 1.807) is 0 Å². The van der Waals surface area contributed by atoms with Crippen molar-refractivity contribution in [3.8, 4) is 0 Å². The van der Waals surface area contributed by atoms with E-state index in [0.29, 0.717) is 6.04 Å². The minimum absolute atomic E-state index is 0.703. The van der Waals surface area contributed by atoms with Crippen LogP contribution in [0.15, 0.2) is 15.9 Å². The topological polar surface area (TPSA) is 12.0 Å². The average molecular weight is 288 g/mol. The second kappa shape index (κ2) is 5.46. The van der Waals surface area contributed by atoms with E-state index in [1.807, 2.05) is 11.3 Å². The summed E-state index contributed by atoms with van der Waals surface area (Å²) in [5.41, 5.74) is 0. The van der Waals surface area contributed by atoms with Gasteiger partial charge in [0.1, 0.15) is 0 Å². The highest BCUT2D eigenvalue weighted by atomic mass is 79.9. The lowest BCUT2D eigenvalue weighted by molar-refractivity contribution is 0.295. The minimum Gasteiger partial charge on any atom is -0.314 e. The van der Waals surface area contributed by atoms with Crippen molar-refractivity contribution < 1.29 is 0 Å². The molecular weight excluding hydrogens is 270 g/mol. The van der Waals surface area contributed by atoms with Crippen molar-refractivity contribution in [3.05, 3.63) is 20.8 Å². The predicted molar refractivity (Wildman–Crippen MR) is 70.5 cm³/mol. The van der Waals surface area contributed by atoms with Crippen LogP contribution < -0.4 is 5.32 Å². The highest BCUT2D eigenvalue weighted by molar-refractivity contribution is 9.11. The van der Waals surface area contributed by atoms with Crippen LogP contribution in [0.25, 0.3) is 0 Å². The van der Waals surface area contributed by atoms with E-state index < -0.39 is 0 Å². The van der Waals surface area contributed by atoms with Crippen molar-refractivity contribution in [2.24, 2.45) is 5.92 Å². The standard InChI is InChI=1S/C12H18BrNS/c1-2-9-5-6-14-10(7-9)8-11-3-4-12(13)15-11/h3-4,9-10,14H,2,5-8H2,1H3. The molecule has 2 atom stereocenters. The first kappa shape index (κ1) is 11.6. The van der Waals surface area contributed by atoms with Crippen LogP contribution in [0.4, 0.5) is 0 Å². The van der Waals surface area contributed by atoms with Gasteiger partial charge in [-0.1, -0.05) is 13.3 Å². The number of thiophene rings is 1. The third-order valence-corrected chi connectivity index (χ3v) is 4.90. The van der Waals surface area contributed by atoms with Crippen LogP contribution in [-0.4, -0.2) is 12.6 Å². The van der Waals surface area contributed by atoms with Crippen LogP contribution in [-0.2, 0) is 6.42 Å². The van der Waals surface area contributed by atoms with Gasteiger partial charge >= 0.3 is 0 Å². The van der Waals surface area contributed by atoms with Crippen molar-refractivity contribution >= 4 is 27.3 Å².